The Balaban J connectivity index is 1.53. The molecule has 0 aliphatic heterocycles. The van der Waals surface area contributed by atoms with Gasteiger partial charge in [-0.1, -0.05) is 29.8 Å². The number of hydrogen-bond donors (Lipinski definition) is 1. The van der Waals surface area contributed by atoms with Crippen LogP contribution in [-0.2, 0) is 20.9 Å². The molecule has 7 nitrogen and oxygen atoms in total. The summed E-state index contributed by atoms with van der Waals surface area (Å²) < 4.78 is 6.35. The van der Waals surface area contributed by atoms with Gasteiger partial charge >= 0.3 is 5.97 Å². The van der Waals surface area contributed by atoms with E-state index >= 15 is 0 Å². The first kappa shape index (κ1) is 20.5. The summed E-state index contributed by atoms with van der Waals surface area (Å²) in [5.74, 6) is -1.08. The molecule has 0 radical (unpaired) electrons. The lowest BCUT2D eigenvalue weighted by molar-refractivity contribution is -0.147. The van der Waals surface area contributed by atoms with Gasteiger partial charge in [0, 0.05) is 6.54 Å². The van der Waals surface area contributed by atoms with Crippen molar-refractivity contribution in [1.82, 2.24) is 9.55 Å². The fourth-order valence-corrected chi connectivity index (χ4v) is 3.31. The normalized spacial score (nSPS) is 10.7. The number of ether oxygens (including phenoxy) is 1. The Bertz CT molecular complexity index is 1120. The molecule has 0 spiro atoms. The molecule has 29 heavy (non-hydrogen) atoms. The molecule has 1 aromatic heterocycles. The van der Waals surface area contributed by atoms with Crippen LogP contribution in [0.3, 0.4) is 0 Å². The van der Waals surface area contributed by atoms with Gasteiger partial charge in [-0.3, -0.25) is 19.0 Å². The fraction of sp³-hybridized carbons (Fsp3) is 0.238. The third-order valence-corrected chi connectivity index (χ3v) is 4.65. The number of nitrogens with one attached hydrogen (secondary N) is 1. The Kier molecular flexibility index (Phi) is 6.29. The lowest BCUT2D eigenvalue weighted by Gasteiger charge is -2.12. The predicted octanol–water partition coefficient (Wildman–Crippen LogP) is 3.24. The third-order valence-electron chi connectivity index (χ3n) is 4.35. The zero-order chi connectivity index (χ0) is 21.0. The van der Waals surface area contributed by atoms with E-state index in [0.29, 0.717) is 21.6 Å². The maximum Gasteiger partial charge on any atom is 0.308 e. The molecule has 2 aromatic carbocycles. The van der Waals surface area contributed by atoms with E-state index in [2.05, 4.69) is 10.3 Å². The fourth-order valence-electron chi connectivity index (χ4n) is 2.94. The molecular weight excluding hydrogens is 394 g/mol. The number of amides is 1. The average Bonchev–Trinajstić information content (AvgIpc) is 2.69. The number of rotatable bonds is 6. The third kappa shape index (κ3) is 5.00. The van der Waals surface area contributed by atoms with Gasteiger partial charge in [0.25, 0.3) is 11.5 Å². The number of fused-ring (bicyclic) bond motifs is 1. The maximum atomic E-state index is 12.4. The van der Waals surface area contributed by atoms with E-state index in [9.17, 15) is 14.4 Å². The molecule has 1 N–H and O–H groups in total. The monoisotopic (exact) mass is 413 g/mol. The molecule has 0 saturated carbocycles. The zero-order valence-electron chi connectivity index (χ0n) is 16.1. The molecule has 0 unspecified atom stereocenters. The molecule has 0 bridgehead atoms. The minimum Gasteiger partial charge on any atom is -0.456 e. The van der Waals surface area contributed by atoms with Crippen LogP contribution in [0.2, 0.25) is 5.02 Å². The van der Waals surface area contributed by atoms with Gasteiger partial charge in [0.2, 0.25) is 0 Å². The predicted molar refractivity (Wildman–Crippen MR) is 111 cm³/mol. The van der Waals surface area contributed by atoms with Gasteiger partial charge in [-0.05, 0) is 43.2 Å². The number of benzene rings is 2. The average molecular weight is 414 g/mol. The number of hydrogen-bond acceptors (Lipinski definition) is 5. The SMILES string of the molecule is Cc1cc(C)c(NC(=O)COC(=O)CCn2cnc3ccccc3c2=O)c(Cl)c1. The lowest BCUT2D eigenvalue weighted by atomic mass is 10.1. The largest absolute Gasteiger partial charge is 0.456 e. The van der Waals surface area contributed by atoms with Crippen LogP contribution in [0.1, 0.15) is 17.5 Å². The minimum atomic E-state index is -0.591. The van der Waals surface area contributed by atoms with Gasteiger partial charge in [-0.25, -0.2) is 4.98 Å². The highest BCUT2D eigenvalue weighted by Crippen LogP contribution is 2.27. The Morgan fingerprint density at radius 1 is 1.21 bits per heavy atom. The molecule has 3 aromatic rings. The van der Waals surface area contributed by atoms with Crippen molar-refractivity contribution in [3.63, 3.8) is 0 Å². The van der Waals surface area contributed by atoms with Crippen molar-refractivity contribution in [3.05, 3.63) is 69.2 Å². The number of carbonyl (C=O) groups excluding carboxylic acids is 2. The molecule has 8 heteroatoms. The molecule has 3 rings (SSSR count). The Hall–Kier alpha value is -3.19. The molecule has 0 atom stereocenters. The zero-order valence-corrected chi connectivity index (χ0v) is 16.8. The quantitative estimate of drug-likeness (QED) is 0.626. The van der Waals surface area contributed by atoms with Gasteiger partial charge in [0.15, 0.2) is 6.61 Å². The van der Waals surface area contributed by atoms with Crippen LogP contribution in [0.4, 0.5) is 5.69 Å². The molecule has 1 heterocycles. The Morgan fingerprint density at radius 2 is 1.97 bits per heavy atom. The Labute approximate surface area is 172 Å². The molecule has 0 aliphatic rings. The van der Waals surface area contributed by atoms with E-state index in [4.69, 9.17) is 16.3 Å². The van der Waals surface area contributed by atoms with Crippen LogP contribution in [0.5, 0.6) is 0 Å². The maximum absolute atomic E-state index is 12.4. The number of carbonyl (C=O) groups is 2. The van der Waals surface area contributed by atoms with Gasteiger partial charge < -0.3 is 10.1 Å². The first-order valence-corrected chi connectivity index (χ1v) is 9.39. The smallest absolute Gasteiger partial charge is 0.308 e. The summed E-state index contributed by atoms with van der Waals surface area (Å²) in [7, 11) is 0. The summed E-state index contributed by atoms with van der Waals surface area (Å²) in [5, 5.41) is 3.55. The van der Waals surface area contributed by atoms with Crippen LogP contribution in [0, 0.1) is 13.8 Å². The summed E-state index contributed by atoms with van der Waals surface area (Å²) in [6.45, 7) is 3.41. The van der Waals surface area contributed by atoms with E-state index in [1.165, 1.54) is 10.9 Å². The number of aromatic nitrogens is 2. The van der Waals surface area contributed by atoms with Crippen LogP contribution in [0.15, 0.2) is 47.5 Å². The van der Waals surface area contributed by atoms with Crippen molar-refractivity contribution in [2.75, 3.05) is 11.9 Å². The van der Waals surface area contributed by atoms with Crippen molar-refractivity contribution in [3.8, 4) is 0 Å². The molecule has 0 aliphatic carbocycles. The van der Waals surface area contributed by atoms with E-state index in [-0.39, 0.29) is 18.5 Å². The standard InChI is InChI=1S/C21H20ClN3O4/c1-13-9-14(2)20(16(22)10-13)24-18(26)11-29-19(27)7-8-25-12-23-17-6-4-3-5-15(17)21(25)28/h3-6,9-10,12H,7-8,11H2,1-2H3,(H,24,26). The van der Waals surface area contributed by atoms with E-state index in [0.717, 1.165) is 11.1 Å². The molecule has 0 fully saturated rings. The van der Waals surface area contributed by atoms with Crippen LogP contribution in [-0.4, -0.2) is 28.0 Å². The summed E-state index contributed by atoms with van der Waals surface area (Å²) in [6, 6.07) is 10.6. The number of nitrogens with zero attached hydrogens (tertiary/aromatic N) is 2. The Morgan fingerprint density at radius 3 is 2.72 bits per heavy atom. The summed E-state index contributed by atoms with van der Waals surface area (Å²) in [5.41, 5.74) is 2.66. The first-order valence-electron chi connectivity index (χ1n) is 9.01. The van der Waals surface area contributed by atoms with Gasteiger partial charge in [0.05, 0.1) is 34.4 Å². The van der Waals surface area contributed by atoms with Crippen LogP contribution < -0.4 is 10.9 Å². The topological polar surface area (TPSA) is 90.3 Å². The summed E-state index contributed by atoms with van der Waals surface area (Å²) in [6.07, 6.45) is 1.34. The summed E-state index contributed by atoms with van der Waals surface area (Å²) in [4.78, 5) is 40.6. The van der Waals surface area contributed by atoms with Crippen LogP contribution >= 0.6 is 11.6 Å². The van der Waals surface area contributed by atoms with E-state index in [1.807, 2.05) is 19.9 Å². The van der Waals surface area contributed by atoms with Gasteiger partial charge in [-0.15, -0.1) is 0 Å². The highest BCUT2D eigenvalue weighted by atomic mass is 35.5. The molecule has 0 saturated heterocycles. The number of anilines is 1. The van der Waals surface area contributed by atoms with Crippen LogP contribution in [0.25, 0.3) is 10.9 Å². The van der Waals surface area contributed by atoms with Crippen molar-refractivity contribution < 1.29 is 14.3 Å². The van der Waals surface area contributed by atoms with Crippen molar-refractivity contribution in [2.24, 2.45) is 0 Å². The second-order valence-corrected chi connectivity index (χ2v) is 7.06. The van der Waals surface area contributed by atoms with Crippen molar-refractivity contribution in [1.29, 1.82) is 0 Å². The van der Waals surface area contributed by atoms with Crippen molar-refractivity contribution in [2.45, 2.75) is 26.8 Å². The molecule has 1 amide bonds. The number of aryl methyl sites for hydroxylation is 3. The first-order chi connectivity index (χ1) is 13.8. The lowest BCUT2D eigenvalue weighted by Crippen LogP contribution is -2.24. The number of esters is 1. The minimum absolute atomic E-state index is 0.0580. The number of halogens is 1. The second kappa shape index (κ2) is 8.87. The van der Waals surface area contributed by atoms with E-state index in [1.54, 1.807) is 30.3 Å². The highest BCUT2D eigenvalue weighted by molar-refractivity contribution is 6.34. The van der Waals surface area contributed by atoms with Gasteiger partial charge in [0.1, 0.15) is 0 Å². The number of para-hydroxylation sites is 1. The molecular formula is C21H20ClN3O4. The molecule has 150 valence electrons. The second-order valence-electron chi connectivity index (χ2n) is 6.66. The summed E-state index contributed by atoms with van der Waals surface area (Å²) >= 11 is 6.15. The van der Waals surface area contributed by atoms with Crippen molar-refractivity contribution >= 4 is 40.1 Å². The van der Waals surface area contributed by atoms with E-state index < -0.39 is 18.5 Å². The van der Waals surface area contributed by atoms with Gasteiger partial charge in [-0.2, -0.15) is 0 Å². The highest BCUT2D eigenvalue weighted by Gasteiger charge is 2.13.